The van der Waals surface area contributed by atoms with Crippen molar-refractivity contribution in [2.24, 2.45) is 23.2 Å². The first-order valence-electron chi connectivity index (χ1n) is 12.0. The molecule has 8 nitrogen and oxygen atoms in total. The van der Waals surface area contributed by atoms with E-state index < -0.39 is 69.2 Å². The number of carbonyl (C=O) groups is 4. The van der Waals surface area contributed by atoms with Gasteiger partial charge in [0.1, 0.15) is 17.1 Å². The normalized spacial score (nSPS) is 36.7. The molecule has 2 unspecified atom stereocenters. The number of allylic oxidation sites excluding steroid dienone is 7. The molecule has 1 heterocycles. The fourth-order valence-electron chi connectivity index (χ4n) is 6.15. The maximum Gasteiger partial charge on any atom is 0.338 e. The Hall–Kier alpha value is -3.26. The van der Waals surface area contributed by atoms with Crippen LogP contribution in [-0.4, -0.2) is 49.8 Å². The van der Waals surface area contributed by atoms with Crippen molar-refractivity contribution in [2.45, 2.75) is 65.6 Å². The number of ketones is 3. The fraction of sp³-hybridized carbons (Fsp3) is 0.500. The summed E-state index contributed by atoms with van der Waals surface area (Å²) < 4.78 is 5.60. The lowest BCUT2D eigenvalue weighted by molar-refractivity contribution is -0.199. The molecule has 194 valence electrons. The molecule has 0 saturated heterocycles. The summed E-state index contributed by atoms with van der Waals surface area (Å²) in [6.07, 6.45) is 9.92. The van der Waals surface area contributed by atoms with Gasteiger partial charge in [0, 0.05) is 29.7 Å². The van der Waals surface area contributed by atoms with Crippen molar-refractivity contribution in [1.82, 2.24) is 0 Å². The van der Waals surface area contributed by atoms with Crippen LogP contribution in [0.2, 0.25) is 0 Å². The third-order valence-corrected chi connectivity index (χ3v) is 7.95. The van der Waals surface area contributed by atoms with Gasteiger partial charge in [-0.25, -0.2) is 4.79 Å². The number of esters is 1. The van der Waals surface area contributed by atoms with Crippen molar-refractivity contribution < 1.29 is 39.2 Å². The van der Waals surface area contributed by atoms with Crippen LogP contribution in [0.4, 0.5) is 0 Å². The fourth-order valence-corrected chi connectivity index (χ4v) is 6.15. The second kappa shape index (κ2) is 9.32. The maximum atomic E-state index is 13.6. The molecule has 3 N–H and O–H groups in total. The van der Waals surface area contributed by atoms with Crippen molar-refractivity contribution in [2.75, 3.05) is 0 Å². The summed E-state index contributed by atoms with van der Waals surface area (Å²) in [6.45, 7) is 8.89. The molecule has 6 atom stereocenters. The molecule has 1 fully saturated rings. The molecular formula is C28H34O8. The van der Waals surface area contributed by atoms with Crippen LogP contribution >= 0.6 is 0 Å². The van der Waals surface area contributed by atoms with E-state index in [4.69, 9.17) is 4.74 Å². The zero-order valence-electron chi connectivity index (χ0n) is 21.5. The number of ether oxygens (including phenoxy) is 1. The molecule has 36 heavy (non-hydrogen) atoms. The average molecular weight is 499 g/mol. The Labute approximate surface area is 210 Å². The summed E-state index contributed by atoms with van der Waals surface area (Å²) in [7, 11) is 0. The number of aliphatic hydroxyl groups is 3. The highest BCUT2D eigenvalue weighted by Crippen LogP contribution is 2.64. The highest BCUT2D eigenvalue weighted by Gasteiger charge is 2.75. The number of fused-ring (bicyclic) bond motifs is 2. The second-order valence-electron chi connectivity index (χ2n) is 10.2. The van der Waals surface area contributed by atoms with Gasteiger partial charge in [-0.3, -0.25) is 14.4 Å². The van der Waals surface area contributed by atoms with Crippen LogP contribution < -0.4 is 0 Å². The minimum atomic E-state index is -2.19. The van der Waals surface area contributed by atoms with Crippen LogP contribution in [0.25, 0.3) is 0 Å². The van der Waals surface area contributed by atoms with Gasteiger partial charge in [0.15, 0.2) is 23.0 Å². The van der Waals surface area contributed by atoms with Gasteiger partial charge in [-0.1, -0.05) is 30.4 Å². The van der Waals surface area contributed by atoms with E-state index in [2.05, 4.69) is 0 Å². The molecule has 4 aliphatic rings. The minimum Gasteiger partial charge on any atom is -0.511 e. The van der Waals surface area contributed by atoms with Crippen LogP contribution in [0.3, 0.4) is 0 Å². The highest BCUT2D eigenvalue weighted by molar-refractivity contribution is 6.10. The van der Waals surface area contributed by atoms with Gasteiger partial charge < -0.3 is 20.1 Å². The Morgan fingerprint density at radius 1 is 1.03 bits per heavy atom. The van der Waals surface area contributed by atoms with Crippen molar-refractivity contribution in [3.63, 3.8) is 0 Å². The van der Waals surface area contributed by atoms with Gasteiger partial charge in [0.25, 0.3) is 0 Å². The van der Waals surface area contributed by atoms with Crippen molar-refractivity contribution in [3.8, 4) is 0 Å². The lowest BCUT2D eigenvalue weighted by atomic mass is 9.42. The van der Waals surface area contributed by atoms with Gasteiger partial charge >= 0.3 is 5.97 Å². The first-order chi connectivity index (χ1) is 16.7. The van der Waals surface area contributed by atoms with Crippen LogP contribution in [0.1, 0.15) is 54.4 Å². The largest absolute Gasteiger partial charge is 0.511 e. The summed E-state index contributed by atoms with van der Waals surface area (Å²) in [4.78, 5) is 53.2. The molecule has 2 bridgehead atoms. The molecule has 4 rings (SSSR count). The number of rotatable bonds is 8. The summed E-state index contributed by atoms with van der Waals surface area (Å²) >= 11 is 0. The standard InChI is InChI=1S/C28H34O8/c1-7-9-11-13-16(29)18-20-21(28(6)22(31)15(3)24(33)36-28)19(17(30)14-12-10-8-2)26(4,23(18)32)25(34)27(20,5)35/h7-10,12,14,19-21,31-32,35H,11,13H2,1-6H3/b9-7+,10-8+,14-12+/t19?,20?,21-,26-,27+,28+/m1/s1. The Kier molecular flexibility index (Phi) is 7.07. The molecule has 1 saturated carbocycles. The van der Waals surface area contributed by atoms with E-state index in [1.165, 1.54) is 39.8 Å². The Morgan fingerprint density at radius 2 is 1.67 bits per heavy atom. The maximum absolute atomic E-state index is 13.6. The first kappa shape index (κ1) is 27.3. The monoisotopic (exact) mass is 498 g/mol. The molecule has 0 spiro atoms. The van der Waals surface area contributed by atoms with E-state index in [0.717, 1.165) is 0 Å². The van der Waals surface area contributed by atoms with Crippen LogP contribution in [-0.2, 0) is 23.9 Å². The molecule has 1 aliphatic heterocycles. The topological polar surface area (TPSA) is 138 Å². The minimum absolute atomic E-state index is 0.00946. The molecular weight excluding hydrogens is 464 g/mol. The number of hydrogen-bond acceptors (Lipinski definition) is 8. The Morgan fingerprint density at radius 3 is 2.19 bits per heavy atom. The van der Waals surface area contributed by atoms with Crippen LogP contribution in [0, 0.1) is 23.2 Å². The van der Waals surface area contributed by atoms with Crippen molar-refractivity contribution in [3.05, 3.63) is 59.1 Å². The average Bonchev–Trinajstić information content (AvgIpc) is 3.01. The van der Waals surface area contributed by atoms with E-state index in [0.29, 0.717) is 6.42 Å². The summed E-state index contributed by atoms with van der Waals surface area (Å²) in [5.74, 6) is -7.67. The summed E-state index contributed by atoms with van der Waals surface area (Å²) in [6, 6.07) is 0. The number of Topliss-reactive ketones (excluding diaryl/α,β-unsaturated/α-hetero) is 2. The summed E-state index contributed by atoms with van der Waals surface area (Å²) in [5, 5.41) is 34.0. The summed E-state index contributed by atoms with van der Waals surface area (Å²) in [5.41, 5.74) is -6.26. The van der Waals surface area contributed by atoms with Gasteiger partial charge in [-0.2, -0.15) is 0 Å². The smallest absolute Gasteiger partial charge is 0.338 e. The molecule has 0 aromatic carbocycles. The van der Waals surface area contributed by atoms with Gasteiger partial charge in [0.2, 0.25) is 0 Å². The zero-order valence-corrected chi connectivity index (χ0v) is 21.5. The Balaban J connectivity index is 2.35. The zero-order chi connectivity index (χ0) is 27.2. The van der Waals surface area contributed by atoms with Crippen LogP contribution in [0.15, 0.2) is 59.1 Å². The number of aliphatic hydroxyl groups excluding tert-OH is 2. The van der Waals surface area contributed by atoms with Gasteiger partial charge in [-0.15, -0.1) is 0 Å². The number of carbonyl (C=O) groups excluding carboxylic acids is 4. The molecule has 3 aliphatic carbocycles. The predicted octanol–water partition coefficient (Wildman–Crippen LogP) is 3.78. The second-order valence-corrected chi connectivity index (χ2v) is 10.2. The van der Waals surface area contributed by atoms with E-state index in [-0.39, 0.29) is 17.6 Å². The Bertz CT molecular complexity index is 1160. The highest BCUT2D eigenvalue weighted by atomic mass is 16.6. The van der Waals surface area contributed by atoms with E-state index in [1.807, 2.05) is 0 Å². The molecule has 0 aromatic heterocycles. The third kappa shape index (κ3) is 3.70. The number of hydrogen-bond donors (Lipinski definition) is 3. The van der Waals surface area contributed by atoms with Crippen LogP contribution in [0.5, 0.6) is 0 Å². The lowest BCUT2D eigenvalue weighted by Gasteiger charge is -2.60. The predicted molar refractivity (Wildman–Crippen MR) is 132 cm³/mol. The van der Waals surface area contributed by atoms with E-state index in [1.54, 1.807) is 38.2 Å². The number of cyclic esters (lactones) is 1. The lowest BCUT2D eigenvalue weighted by Crippen LogP contribution is -2.72. The van der Waals surface area contributed by atoms with Gasteiger partial charge in [-0.05, 0) is 54.0 Å². The van der Waals surface area contributed by atoms with E-state index >= 15 is 0 Å². The molecule has 0 amide bonds. The molecule has 0 aromatic rings. The van der Waals surface area contributed by atoms with E-state index in [9.17, 15) is 34.5 Å². The quantitative estimate of drug-likeness (QED) is 0.199. The van der Waals surface area contributed by atoms with Crippen molar-refractivity contribution >= 4 is 23.3 Å². The van der Waals surface area contributed by atoms with Gasteiger partial charge in [0.05, 0.1) is 11.0 Å². The molecule has 0 radical (unpaired) electrons. The first-order valence-corrected chi connectivity index (χ1v) is 12.0. The SMILES string of the molecule is C/C=C/C=C/C(=O)C1[C@@H]([C@]2(C)OC(=O)C(C)=C2O)C2C(C(=O)CC/C=C/C)=C(O)[C@]1(C)C(=O)[C@@]2(C)O. The third-order valence-electron chi connectivity index (χ3n) is 7.95. The van der Waals surface area contributed by atoms with Crippen molar-refractivity contribution in [1.29, 1.82) is 0 Å². The molecule has 8 heteroatoms.